The molecule has 0 aliphatic heterocycles. The Hall–Kier alpha value is -2.12. The number of nitrogens with one attached hydrogen (secondary N) is 1. The molecule has 0 unspecified atom stereocenters. The summed E-state index contributed by atoms with van der Waals surface area (Å²) >= 11 is 0. The fourth-order valence-corrected chi connectivity index (χ4v) is 1.30. The molecule has 5 nitrogen and oxygen atoms in total. The van der Waals surface area contributed by atoms with Crippen LogP contribution >= 0.6 is 0 Å². The Morgan fingerprint density at radius 1 is 1.38 bits per heavy atom. The van der Waals surface area contributed by atoms with Gasteiger partial charge in [0.05, 0.1) is 16.6 Å². The Balaban J connectivity index is 2.77. The number of carbonyl (C=O) groups is 1. The molecule has 1 aromatic heterocycles. The molecule has 2 N–H and O–H groups in total. The molecular formula is C8H4F3N3O2. The van der Waals surface area contributed by atoms with E-state index in [1.165, 1.54) is 0 Å². The molecule has 8 heteroatoms. The first-order valence-electron chi connectivity index (χ1n) is 4.05. The Morgan fingerprint density at radius 2 is 2.06 bits per heavy atom. The van der Waals surface area contributed by atoms with Crippen LogP contribution < -0.4 is 0 Å². The SMILES string of the molecule is O=C(O)c1cc2nn[nH]c2cc1C(F)(F)F. The molecule has 0 saturated carbocycles. The van der Waals surface area contributed by atoms with E-state index < -0.39 is 23.3 Å². The molecule has 1 heterocycles. The number of aromatic carboxylic acids is 1. The number of alkyl halides is 3. The van der Waals surface area contributed by atoms with Crippen molar-refractivity contribution in [2.75, 3.05) is 0 Å². The van der Waals surface area contributed by atoms with Crippen LogP contribution in [-0.4, -0.2) is 26.5 Å². The molecule has 0 atom stereocenters. The highest BCUT2D eigenvalue weighted by Gasteiger charge is 2.36. The molecule has 0 spiro atoms. The maximum Gasteiger partial charge on any atom is 0.417 e. The van der Waals surface area contributed by atoms with Crippen LogP contribution in [0.2, 0.25) is 0 Å². The summed E-state index contributed by atoms with van der Waals surface area (Å²) in [5.74, 6) is -1.66. The van der Waals surface area contributed by atoms with Crippen LogP contribution in [0, 0.1) is 0 Å². The Bertz CT molecular complexity index is 561. The van der Waals surface area contributed by atoms with Crippen molar-refractivity contribution < 1.29 is 23.1 Å². The summed E-state index contributed by atoms with van der Waals surface area (Å²) in [5.41, 5.74) is -1.95. The summed E-state index contributed by atoms with van der Waals surface area (Å²) in [6.07, 6.45) is -4.73. The van der Waals surface area contributed by atoms with Crippen LogP contribution in [0.5, 0.6) is 0 Å². The molecule has 0 bridgehead atoms. The molecule has 0 aliphatic rings. The fourth-order valence-electron chi connectivity index (χ4n) is 1.30. The smallest absolute Gasteiger partial charge is 0.417 e. The van der Waals surface area contributed by atoms with E-state index in [2.05, 4.69) is 15.4 Å². The summed E-state index contributed by atoms with van der Waals surface area (Å²) in [6.45, 7) is 0. The standard InChI is InChI=1S/C8H4F3N3O2/c9-8(10,11)4-2-6-5(12-14-13-6)1-3(4)7(15)16/h1-2H,(H,15,16)(H,12,13,14). The van der Waals surface area contributed by atoms with Crippen LogP contribution in [0.15, 0.2) is 12.1 Å². The predicted octanol–water partition coefficient (Wildman–Crippen LogP) is 1.67. The molecular weight excluding hydrogens is 227 g/mol. The van der Waals surface area contributed by atoms with Crippen molar-refractivity contribution in [3.8, 4) is 0 Å². The number of halogens is 3. The number of nitrogens with zero attached hydrogens (tertiary/aromatic N) is 2. The maximum atomic E-state index is 12.5. The topological polar surface area (TPSA) is 78.9 Å². The second kappa shape index (κ2) is 3.19. The van der Waals surface area contributed by atoms with Gasteiger partial charge in [0.2, 0.25) is 0 Å². The van der Waals surface area contributed by atoms with Crippen LogP contribution in [-0.2, 0) is 6.18 Å². The van der Waals surface area contributed by atoms with Gasteiger partial charge < -0.3 is 5.11 Å². The molecule has 0 amide bonds. The predicted molar refractivity (Wildman–Crippen MR) is 45.8 cm³/mol. The Kier molecular flexibility index (Phi) is 2.07. The third-order valence-electron chi connectivity index (χ3n) is 2.00. The van der Waals surface area contributed by atoms with Gasteiger partial charge in [0.15, 0.2) is 0 Å². The lowest BCUT2D eigenvalue weighted by atomic mass is 10.1. The van der Waals surface area contributed by atoms with Gasteiger partial charge >= 0.3 is 12.1 Å². The first kappa shape index (κ1) is 10.4. The number of aromatic nitrogens is 3. The second-order valence-corrected chi connectivity index (χ2v) is 3.03. The van der Waals surface area contributed by atoms with E-state index in [4.69, 9.17) is 5.11 Å². The molecule has 1 aromatic carbocycles. The lowest BCUT2D eigenvalue weighted by Gasteiger charge is -2.09. The molecule has 0 saturated heterocycles. The van der Waals surface area contributed by atoms with Crippen LogP contribution in [0.4, 0.5) is 13.2 Å². The number of hydrogen-bond donors (Lipinski definition) is 2. The summed E-state index contributed by atoms with van der Waals surface area (Å²) in [4.78, 5) is 10.7. The van der Waals surface area contributed by atoms with Crippen molar-refractivity contribution in [1.82, 2.24) is 15.4 Å². The van der Waals surface area contributed by atoms with Gasteiger partial charge in [-0.1, -0.05) is 5.21 Å². The fraction of sp³-hybridized carbons (Fsp3) is 0.125. The van der Waals surface area contributed by atoms with Gasteiger partial charge in [0.25, 0.3) is 0 Å². The highest BCUT2D eigenvalue weighted by molar-refractivity contribution is 5.94. The molecule has 0 radical (unpaired) electrons. The van der Waals surface area contributed by atoms with E-state index >= 15 is 0 Å². The van der Waals surface area contributed by atoms with Gasteiger partial charge in [-0.3, -0.25) is 5.10 Å². The quantitative estimate of drug-likeness (QED) is 0.782. The van der Waals surface area contributed by atoms with E-state index in [0.29, 0.717) is 6.07 Å². The number of H-pyrrole nitrogens is 1. The molecule has 84 valence electrons. The van der Waals surface area contributed by atoms with Gasteiger partial charge in [0.1, 0.15) is 5.52 Å². The lowest BCUT2D eigenvalue weighted by molar-refractivity contribution is -0.138. The van der Waals surface area contributed by atoms with Crippen LogP contribution in [0.1, 0.15) is 15.9 Å². The first-order chi connectivity index (χ1) is 7.39. The molecule has 2 rings (SSSR count). The van der Waals surface area contributed by atoms with Crippen molar-refractivity contribution in [2.24, 2.45) is 0 Å². The number of benzene rings is 1. The van der Waals surface area contributed by atoms with Crippen molar-refractivity contribution in [3.63, 3.8) is 0 Å². The minimum atomic E-state index is -4.73. The second-order valence-electron chi connectivity index (χ2n) is 3.03. The van der Waals surface area contributed by atoms with E-state index in [-0.39, 0.29) is 11.0 Å². The number of aromatic amines is 1. The zero-order chi connectivity index (χ0) is 11.9. The van der Waals surface area contributed by atoms with Crippen molar-refractivity contribution >= 4 is 17.0 Å². The third-order valence-corrected chi connectivity index (χ3v) is 2.00. The zero-order valence-corrected chi connectivity index (χ0v) is 7.54. The number of hydrogen-bond acceptors (Lipinski definition) is 3. The summed E-state index contributed by atoms with van der Waals surface area (Å²) < 4.78 is 37.6. The molecule has 0 fully saturated rings. The average Bonchev–Trinajstić information content (AvgIpc) is 2.60. The number of carboxylic acids is 1. The van der Waals surface area contributed by atoms with Crippen molar-refractivity contribution in [1.29, 1.82) is 0 Å². The van der Waals surface area contributed by atoms with Gasteiger partial charge in [-0.2, -0.15) is 13.2 Å². The van der Waals surface area contributed by atoms with Crippen molar-refractivity contribution in [2.45, 2.75) is 6.18 Å². The lowest BCUT2D eigenvalue weighted by Crippen LogP contribution is -2.12. The average molecular weight is 231 g/mol. The highest BCUT2D eigenvalue weighted by Crippen LogP contribution is 2.33. The van der Waals surface area contributed by atoms with E-state index in [1.54, 1.807) is 0 Å². The van der Waals surface area contributed by atoms with Crippen molar-refractivity contribution in [3.05, 3.63) is 23.3 Å². The minimum Gasteiger partial charge on any atom is -0.478 e. The summed E-state index contributed by atoms with van der Waals surface area (Å²) in [7, 11) is 0. The number of carboxylic acid groups (broad SMARTS) is 1. The molecule has 16 heavy (non-hydrogen) atoms. The van der Waals surface area contributed by atoms with Gasteiger partial charge in [-0.15, -0.1) is 5.10 Å². The van der Waals surface area contributed by atoms with Crippen LogP contribution in [0.25, 0.3) is 11.0 Å². The van der Waals surface area contributed by atoms with E-state index in [9.17, 15) is 18.0 Å². The minimum absolute atomic E-state index is 0.0392. The monoisotopic (exact) mass is 231 g/mol. The maximum absolute atomic E-state index is 12.5. The van der Waals surface area contributed by atoms with Crippen LogP contribution in [0.3, 0.4) is 0 Å². The summed E-state index contributed by atoms with van der Waals surface area (Å²) in [5, 5.41) is 17.7. The normalized spacial score (nSPS) is 11.9. The first-order valence-corrected chi connectivity index (χ1v) is 4.05. The highest BCUT2D eigenvalue weighted by atomic mass is 19.4. The Morgan fingerprint density at radius 3 is 2.62 bits per heavy atom. The number of fused-ring (bicyclic) bond motifs is 1. The summed E-state index contributed by atoms with van der Waals surface area (Å²) in [6, 6.07) is 1.52. The molecule has 2 aromatic rings. The van der Waals surface area contributed by atoms with Gasteiger partial charge in [-0.25, -0.2) is 4.79 Å². The Labute approximate surface area is 85.9 Å². The van der Waals surface area contributed by atoms with Gasteiger partial charge in [0, 0.05) is 0 Å². The molecule has 0 aliphatic carbocycles. The van der Waals surface area contributed by atoms with E-state index in [0.717, 1.165) is 6.07 Å². The zero-order valence-electron chi connectivity index (χ0n) is 7.54. The largest absolute Gasteiger partial charge is 0.478 e. The number of rotatable bonds is 1. The van der Waals surface area contributed by atoms with E-state index in [1.807, 2.05) is 0 Å². The third kappa shape index (κ3) is 1.58. The van der Waals surface area contributed by atoms with Gasteiger partial charge in [-0.05, 0) is 12.1 Å².